The lowest BCUT2D eigenvalue weighted by atomic mass is 10.3. The van der Waals surface area contributed by atoms with Crippen LogP contribution in [0.25, 0.3) is 0 Å². The molecular weight excluding hydrogens is 282 g/mol. The molecule has 20 heavy (non-hydrogen) atoms. The number of nitrogens with zero attached hydrogens (tertiary/aromatic N) is 1. The first-order chi connectivity index (χ1) is 9.62. The van der Waals surface area contributed by atoms with Crippen molar-refractivity contribution in [3.63, 3.8) is 0 Å². The van der Waals surface area contributed by atoms with Gasteiger partial charge in [-0.25, -0.2) is 18.1 Å². The van der Waals surface area contributed by atoms with Crippen molar-refractivity contribution in [2.75, 3.05) is 38.2 Å². The van der Waals surface area contributed by atoms with Crippen LogP contribution in [-0.2, 0) is 19.5 Å². The Morgan fingerprint density at radius 2 is 2.25 bits per heavy atom. The summed E-state index contributed by atoms with van der Waals surface area (Å²) in [6.45, 7) is 4.32. The van der Waals surface area contributed by atoms with E-state index in [2.05, 4.69) is 15.0 Å². The molecule has 1 aromatic rings. The molecule has 0 aromatic carbocycles. The maximum atomic E-state index is 12.1. The molecule has 0 amide bonds. The molecule has 8 heteroatoms. The van der Waals surface area contributed by atoms with Crippen molar-refractivity contribution in [1.82, 2.24) is 9.71 Å². The number of anilines is 1. The fraction of sp³-hybridized carbons (Fsp3) is 0.583. The first-order valence-corrected chi connectivity index (χ1v) is 7.99. The van der Waals surface area contributed by atoms with E-state index in [0.717, 1.165) is 6.54 Å². The first-order valence-electron chi connectivity index (χ1n) is 6.51. The third kappa shape index (κ3) is 4.14. The molecule has 1 aliphatic rings. The molecule has 0 saturated carbocycles. The summed E-state index contributed by atoms with van der Waals surface area (Å²) in [5.41, 5.74) is 0. The smallest absolute Gasteiger partial charge is 0.242 e. The Morgan fingerprint density at radius 1 is 1.40 bits per heavy atom. The second kappa shape index (κ2) is 6.98. The van der Waals surface area contributed by atoms with Gasteiger partial charge in [0.1, 0.15) is 10.7 Å². The van der Waals surface area contributed by atoms with Gasteiger partial charge in [0.25, 0.3) is 0 Å². The number of sulfonamides is 1. The number of nitrogens with one attached hydrogen (secondary N) is 2. The summed E-state index contributed by atoms with van der Waals surface area (Å²) in [5.74, 6) is 0.649. The van der Waals surface area contributed by atoms with Crippen LogP contribution < -0.4 is 10.0 Å². The normalized spacial score (nSPS) is 19.8. The molecule has 0 bridgehead atoms. The van der Waals surface area contributed by atoms with Crippen molar-refractivity contribution in [3.8, 4) is 0 Å². The highest BCUT2D eigenvalue weighted by Gasteiger charge is 2.19. The molecule has 1 fully saturated rings. The largest absolute Gasteiger partial charge is 0.376 e. The number of hydrogen-bond acceptors (Lipinski definition) is 6. The monoisotopic (exact) mass is 301 g/mol. The van der Waals surface area contributed by atoms with Gasteiger partial charge in [0.15, 0.2) is 0 Å². The number of hydrogen-bond donors (Lipinski definition) is 2. The van der Waals surface area contributed by atoms with Crippen LogP contribution in [0.1, 0.15) is 6.92 Å². The predicted octanol–water partition coefficient (Wildman–Crippen LogP) is 0.207. The van der Waals surface area contributed by atoms with E-state index in [1.165, 1.54) is 12.3 Å². The van der Waals surface area contributed by atoms with Crippen LogP contribution in [0.5, 0.6) is 0 Å². The minimum Gasteiger partial charge on any atom is -0.376 e. The van der Waals surface area contributed by atoms with Crippen molar-refractivity contribution in [2.45, 2.75) is 17.9 Å². The van der Waals surface area contributed by atoms with Crippen molar-refractivity contribution in [1.29, 1.82) is 0 Å². The van der Waals surface area contributed by atoms with Gasteiger partial charge in [-0.15, -0.1) is 0 Å². The van der Waals surface area contributed by atoms with E-state index in [-0.39, 0.29) is 17.5 Å². The first kappa shape index (κ1) is 15.2. The highest BCUT2D eigenvalue weighted by Crippen LogP contribution is 2.11. The Balaban J connectivity index is 1.94. The summed E-state index contributed by atoms with van der Waals surface area (Å²) in [6, 6.07) is 3.16. The Hall–Kier alpha value is -1.22. The zero-order valence-corrected chi connectivity index (χ0v) is 12.1. The fourth-order valence-electron chi connectivity index (χ4n) is 1.77. The summed E-state index contributed by atoms with van der Waals surface area (Å²) in [4.78, 5) is 4.18. The van der Waals surface area contributed by atoms with Gasteiger partial charge >= 0.3 is 0 Å². The molecule has 1 aliphatic heterocycles. The SMILES string of the molecule is CCNc1ccc(S(=O)(=O)NCC2COCCO2)cn1. The van der Waals surface area contributed by atoms with Gasteiger partial charge in [0, 0.05) is 19.3 Å². The van der Waals surface area contributed by atoms with Crippen LogP contribution in [-0.4, -0.2) is 52.4 Å². The maximum absolute atomic E-state index is 12.1. The lowest BCUT2D eigenvalue weighted by Gasteiger charge is -2.23. The molecule has 2 heterocycles. The van der Waals surface area contributed by atoms with Crippen LogP contribution in [0.4, 0.5) is 5.82 Å². The standard InChI is InChI=1S/C12H19N3O4S/c1-2-13-12-4-3-11(8-14-12)20(16,17)15-7-10-9-18-5-6-19-10/h3-4,8,10,15H,2,5-7,9H2,1H3,(H,13,14). The predicted molar refractivity (Wildman–Crippen MR) is 74.1 cm³/mol. The van der Waals surface area contributed by atoms with E-state index in [1.807, 2.05) is 6.92 Å². The van der Waals surface area contributed by atoms with E-state index < -0.39 is 10.0 Å². The molecule has 1 saturated heterocycles. The lowest BCUT2D eigenvalue weighted by Crippen LogP contribution is -2.39. The second-order valence-corrected chi connectivity index (χ2v) is 6.10. The Labute approximate surface area is 118 Å². The molecule has 2 N–H and O–H groups in total. The van der Waals surface area contributed by atoms with Crippen molar-refractivity contribution in [3.05, 3.63) is 18.3 Å². The van der Waals surface area contributed by atoms with E-state index in [9.17, 15) is 8.42 Å². The average molecular weight is 301 g/mol. The summed E-state index contributed by atoms with van der Waals surface area (Å²) >= 11 is 0. The third-order valence-electron chi connectivity index (χ3n) is 2.79. The van der Waals surface area contributed by atoms with E-state index in [1.54, 1.807) is 6.07 Å². The summed E-state index contributed by atoms with van der Waals surface area (Å²) < 4.78 is 37.3. The van der Waals surface area contributed by atoms with E-state index in [4.69, 9.17) is 9.47 Å². The van der Waals surface area contributed by atoms with Crippen LogP contribution >= 0.6 is 0 Å². The highest BCUT2D eigenvalue weighted by molar-refractivity contribution is 7.89. The van der Waals surface area contributed by atoms with Gasteiger partial charge in [-0.3, -0.25) is 0 Å². The van der Waals surface area contributed by atoms with Gasteiger partial charge in [0.05, 0.1) is 25.9 Å². The highest BCUT2D eigenvalue weighted by atomic mass is 32.2. The van der Waals surface area contributed by atoms with Gasteiger partial charge in [-0.1, -0.05) is 0 Å². The van der Waals surface area contributed by atoms with Gasteiger partial charge < -0.3 is 14.8 Å². The van der Waals surface area contributed by atoms with Crippen molar-refractivity contribution < 1.29 is 17.9 Å². The second-order valence-electron chi connectivity index (χ2n) is 4.33. The lowest BCUT2D eigenvalue weighted by molar-refractivity contribution is -0.0846. The maximum Gasteiger partial charge on any atom is 0.242 e. The summed E-state index contributed by atoms with van der Waals surface area (Å²) in [7, 11) is -3.57. The molecule has 1 atom stereocenters. The third-order valence-corrected chi connectivity index (χ3v) is 4.20. The Morgan fingerprint density at radius 3 is 2.85 bits per heavy atom. The molecular formula is C12H19N3O4S. The van der Waals surface area contributed by atoms with Crippen molar-refractivity contribution in [2.24, 2.45) is 0 Å². The zero-order chi connectivity index (χ0) is 14.4. The van der Waals surface area contributed by atoms with Gasteiger partial charge in [-0.2, -0.15) is 0 Å². The van der Waals surface area contributed by atoms with Gasteiger partial charge in [-0.05, 0) is 19.1 Å². The quantitative estimate of drug-likeness (QED) is 0.780. The summed E-state index contributed by atoms with van der Waals surface area (Å²) in [6.07, 6.45) is 1.09. The molecule has 0 spiro atoms. The number of ether oxygens (including phenoxy) is 2. The van der Waals surface area contributed by atoms with Crippen LogP contribution in [0.15, 0.2) is 23.2 Å². The Bertz CT molecular complexity index is 512. The molecule has 1 aromatic heterocycles. The Kier molecular flexibility index (Phi) is 5.30. The average Bonchev–Trinajstić information content (AvgIpc) is 2.47. The van der Waals surface area contributed by atoms with E-state index in [0.29, 0.717) is 25.6 Å². The minimum atomic E-state index is -3.57. The topological polar surface area (TPSA) is 89.6 Å². The van der Waals surface area contributed by atoms with Crippen molar-refractivity contribution >= 4 is 15.8 Å². The zero-order valence-electron chi connectivity index (χ0n) is 11.3. The molecule has 0 radical (unpaired) electrons. The minimum absolute atomic E-state index is 0.135. The molecule has 1 unspecified atom stereocenters. The molecule has 112 valence electrons. The molecule has 2 rings (SSSR count). The summed E-state index contributed by atoms with van der Waals surface area (Å²) in [5, 5.41) is 3.01. The molecule has 0 aliphatic carbocycles. The number of aromatic nitrogens is 1. The van der Waals surface area contributed by atoms with Crippen LogP contribution in [0.3, 0.4) is 0 Å². The molecule has 7 nitrogen and oxygen atoms in total. The van der Waals surface area contributed by atoms with Crippen LogP contribution in [0, 0.1) is 0 Å². The number of pyridine rings is 1. The fourth-order valence-corrected chi connectivity index (χ4v) is 2.78. The van der Waals surface area contributed by atoms with Gasteiger partial charge in [0.2, 0.25) is 10.0 Å². The number of rotatable bonds is 6. The van der Waals surface area contributed by atoms with E-state index >= 15 is 0 Å². The van der Waals surface area contributed by atoms with Crippen LogP contribution in [0.2, 0.25) is 0 Å².